The Morgan fingerprint density at radius 3 is 2.65 bits per heavy atom. The fraction of sp³-hybridized carbons (Fsp3) is 0.667. The van der Waals surface area contributed by atoms with Crippen molar-refractivity contribution in [3.05, 3.63) is 29.8 Å². The molecule has 1 atom stereocenters. The van der Waals surface area contributed by atoms with Gasteiger partial charge in [-0.25, -0.2) is 0 Å². The van der Waals surface area contributed by atoms with Gasteiger partial charge >= 0.3 is 0 Å². The van der Waals surface area contributed by atoms with E-state index in [0.29, 0.717) is 11.5 Å². The standard InChI is InChI=1S/C18H25NO/c1-17(2)11-15(14-5-3-4-6-16(14)20-17)19-12-18(9-10-18)13-7-8-13/h3-6,13,15,19H,7-12H2,1-2H3. The van der Waals surface area contributed by atoms with Crippen LogP contribution in [-0.4, -0.2) is 12.1 Å². The molecule has 3 aliphatic rings. The summed E-state index contributed by atoms with van der Waals surface area (Å²) >= 11 is 0. The quantitative estimate of drug-likeness (QED) is 0.891. The van der Waals surface area contributed by atoms with E-state index in [1.165, 1.54) is 37.8 Å². The summed E-state index contributed by atoms with van der Waals surface area (Å²) in [5, 5.41) is 3.88. The van der Waals surface area contributed by atoms with Gasteiger partial charge in [-0.3, -0.25) is 0 Å². The number of fused-ring (bicyclic) bond motifs is 1. The number of para-hydroxylation sites is 1. The number of hydrogen-bond donors (Lipinski definition) is 1. The molecule has 2 fully saturated rings. The number of hydrogen-bond acceptors (Lipinski definition) is 2. The van der Waals surface area contributed by atoms with Crippen molar-refractivity contribution in [3.63, 3.8) is 0 Å². The van der Waals surface area contributed by atoms with Crippen LogP contribution in [0.3, 0.4) is 0 Å². The Balaban J connectivity index is 1.52. The Kier molecular flexibility index (Phi) is 2.69. The molecule has 1 aromatic rings. The molecule has 1 N–H and O–H groups in total. The minimum Gasteiger partial charge on any atom is -0.487 e. The zero-order valence-electron chi connectivity index (χ0n) is 12.6. The zero-order chi connectivity index (χ0) is 13.8. The van der Waals surface area contributed by atoms with Gasteiger partial charge in [-0.1, -0.05) is 18.2 Å². The van der Waals surface area contributed by atoms with Gasteiger partial charge in [0.25, 0.3) is 0 Å². The molecule has 108 valence electrons. The Bertz CT molecular complexity index is 514. The van der Waals surface area contributed by atoms with Gasteiger partial charge in [-0.15, -0.1) is 0 Å². The third-order valence-electron chi connectivity index (χ3n) is 5.41. The van der Waals surface area contributed by atoms with Crippen molar-refractivity contribution in [2.75, 3.05) is 6.54 Å². The van der Waals surface area contributed by atoms with Gasteiger partial charge in [-0.05, 0) is 56.9 Å². The van der Waals surface area contributed by atoms with Crippen molar-refractivity contribution < 1.29 is 4.74 Å². The third-order valence-corrected chi connectivity index (χ3v) is 5.41. The number of ether oxygens (including phenoxy) is 1. The third kappa shape index (κ3) is 2.24. The highest BCUT2D eigenvalue weighted by Crippen LogP contribution is 2.61. The predicted octanol–water partition coefficient (Wildman–Crippen LogP) is 4.07. The van der Waals surface area contributed by atoms with Gasteiger partial charge in [-0.2, -0.15) is 0 Å². The van der Waals surface area contributed by atoms with E-state index in [2.05, 4.69) is 43.4 Å². The molecular formula is C18H25NO. The molecule has 1 heterocycles. The largest absolute Gasteiger partial charge is 0.487 e. The summed E-state index contributed by atoms with van der Waals surface area (Å²) in [5.74, 6) is 2.09. The Labute approximate surface area is 121 Å². The molecule has 0 aromatic heterocycles. The molecular weight excluding hydrogens is 246 g/mol. The maximum absolute atomic E-state index is 6.12. The van der Waals surface area contributed by atoms with Crippen LogP contribution in [0.5, 0.6) is 5.75 Å². The van der Waals surface area contributed by atoms with Crippen molar-refractivity contribution >= 4 is 0 Å². The van der Waals surface area contributed by atoms with Crippen LogP contribution < -0.4 is 10.1 Å². The van der Waals surface area contributed by atoms with E-state index in [1.54, 1.807) is 0 Å². The van der Waals surface area contributed by atoms with Crippen molar-refractivity contribution in [2.45, 2.75) is 57.6 Å². The van der Waals surface area contributed by atoms with Crippen LogP contribution in [0.1, 0.15) is 57.6 Å². The normalized spacial score (nSPS) is 29.4. The number of benzene rings is 1. The monoisotopic (exact) mass is 271 g/mol. The summed E-state index contributed by atoms with van der Waals surface area (Å²) in [6.07, 6.45) is 6.89. The molecule has 0 spiro atoms. The second kappa shape index (κ2) is 4.24. The highest BCUT2D eigenvalue weighted by atomic mass is 16.5. The molecule has 2 nitrogen and oxygen atoms in total. The average Bonchev–Trinajstić information content (AvgIpc) is 3.25. The minimum atomic E-state index is -0.0671. The lowest BCUT2D eigenvalue weighted by atomic mass is 9.89. The van der Waals surface area contributed by atoms with E-state index < -0.39 is 0 Å². The summed E-state index contributed by atoms with van der Waals surface area (Å²) in [6.45, 7) is 5.60. The molecule has 2 aliphatic carbocycles. The van der Waals surface area contributed by atoms with Crippen molar-refractivity contribution in [3.8, 4) is 5.75 Å². The van der Waals surface area contributed by atoms with E-state index >= 15 is 0 Å². The van der Waals surface area contributed by atoms with E-state index in [9.17, 15) is 0 Å². The molecule has 1 aliphatic heterocycles. The summed E-state index contributed by atoms with van der Waals surface area (Å²) in [4.78, 5) is 0. The van der Waals surface area contributed by atoms with E-state index in [4.69, 9.17) is 4.74 Å². The van der Waals surface area contributed by atoms with Gasteiger partial charge in [0.1, 0.15) is 11.4 Å². The maximum Gasteiger partial charge on any atom is 0.124 e. The SMILES string of the molecule is CC1(C)CC(NCC2(C3CC3)CC2)c2ccccc2O1. The Morgan fingerprint density at radius 1 is 1.20 bits per heavy atom. The fourth-order valence-electron chi connectivity index (χ4n) is 3.90. The lowest BCUT2D eigenvalue weighted by Crippen LogP contribution is -2.41. The molecule has 4 rings (SSSR count). The molecule has 0 saturated heterocycles. The first kappa shape index (κ1) is 12.7. The van der Waals surface area contributed by atoms with Crippen molar-refractivity contribution in [1.82, 2.24) is 5.32 Å². The molecule has 1 aromatic carbocycles. The Morgan fingerprint density at radius 2 is 1.95 bits per heavy atom. The van der Waals surface area contributed by atoms with Crippen molar-refractivity contribution in [2.24, 2.45) is 11.3 Å². The molecule has 2 saturated carbocycles. The average molecular weight is 271 g/mol. The Hall–Kier alpha value is -1.02. The first-order valence-electron chi connectivity index (χ1n) is 8.09. The van der Waals surface area contributed by atoms with Crippen LogP contribution in [0.4, 0.5) is 0 Å². The van der Waals surface area contributed by atoms with Gasteiger partial charge in [0.2, 0.25) is 0 Å². The number of rotatable bonds is 4. The topological polar surface area (TPSA) is 21.3 Å². The van der Waals surface area contributed by atoms with Gasteiger partial charge in [0.05, 0.1) is 0 Å². The molecule has 1 unspecified atom stereocenters. The van der Waals surface area contributed by atoms with Gasteiger partial charge in [0, 0.05) is 24.6 Å². The number of nitrogens with one attached hydrogen (secondary N) is 1. The van der Waals surface area contributed by atoms with Crippen molar-refractivity contribution in [1.29, 1.82) is 0 Å². The first-order chi connectivity index (χ1) is 9.58. The summed E-state index contributed by atoms with van der Waals surface area (Å²) in [7, 11) is 0. The van der Waals surface area contributed by atoms with Crippen LogP contribution in [-0.2, 0) is 0 Å². The minimum absolute atomic E-state index is 0.0671. The highest BCUT2D eigenvalue weighted by Gasteiger charge is 2.53. The fourth-order valence-corrected chi connectivity index (χ4v) is 3.90. The highest BCUT2D eigenvalue weighted by molar-refractivity contribution is 5.38. The van der Waals surface area contributed by atoms with E-state index in [0.717, 1.165) is 18.1 Å². The second-order valence-corrected chi connectivity index (χ2v) is 7.67. The summed E-state index contributed by atoms with van der Waals surface area (Å²) in [5.41, 5.74) is 1.94. The summed E-state index contributed by atoms with van der Waals surface area (Å²) < 4.78 is 6.12. The molecule has 0 radical (unpaired) electrons. The summed E-state index contributed by atoms with van der Waals surface area (Å²) in [6, 6.07) is 8.98. The van der Waals surface area contributed by atoms with E-state index in [1.807, 2.05) is 0 Å². The van der Waals surface area contributed by atoms with Crippen LogP contribution in [0.15, 0.2) is 24.3 Å². The second-order valence-electron chi connectivity index (χ2n) is 7.67. The molecule has 20 heavy (non-hydrogen) atoms. The molecule has 0 amide bonds. The predicted molar refractivity (Wildman–Crippen MR) is 80.9 cm³/mol. The molecule has 2 heteroatoms. The lowest BCUT2D eigenvalue weighted by Gasteiger charge is -2.38. The lowest BCUT2D eigenvalue weighted by molar-refractivity contribution is 0.0646. The first-order valence-corrected chi connectivity index (χ1v) is 8.09. The van der Waals surface area contributed by atoms with Gasteiger partial charge in [0.15, 0.2) is 0 Å². The van der Waals surface area contributed by atoms with Crippen LogP contribution in [0, 0.1) is 11.3 Å². The van der Waals surface area contributed by atoms with Crippen LogP contribution in [0.2, 0.25) is 0 Å². The van der Waals surface area contributed by atoms with Crippen LogP contribution >= 0.6 is 0 Å². The van der Waals surface area contributed by atoms with Gasteiger partial charge < -0.3 is 10.1 Å². The smallest absolute Gasteiger partial charge is 0.124 e. The zero-order valence-corrected chi connectivity index (χ0v) is 12.6. The molecule has 0 bridgehead atoms. The van der Waals surface area contributed by atoms with E-state index in [-0.39, 0.29) is 5.60 Å². The maximum atomic E-state index is 6.12. The van der Waals surface area contributed by atoms with Crippen LogP contribution in [0.25, 0.3) is 0 Å².